The number of thiophene rings is 1. The summed E-state index contributed by atoms with van der Waals surface area (Å²) in [5.74, 6) is 0. The van der Waals surface area contributed by atoms with Crippen LogP contribution in [0.5, 0.6) is 0 Å². The summed E-state index contributed by atoms with van der Waals surface area (Å²) < 4.78 is 5.08. The molecule has 0 fully saturated rings. The van der Waals surface area contributed by atoms with Gasteiger partial charge in [-0.05, 0) is 59.7 Å². The average molecular weight is 643 g/mol. The number of para-hydroxylation sites is 3. The van der Waals surface area contributed by atoms with Crippen LogP contribution in [0.3, 0.4) is 0 Å². The molecule has 49 heavy (non-hydrogen) atoms. The zero-order valence-electron chi connectivity index (χ0n) is 26.6. The number of hydrogen-bond acceptors (Lipinski definition) is 2. The molecule has 2 aromatic heterocycles. The zero-order chi connectivity index (χ0) is 32.3. The molecule has 0 radical (unpaired) electrons. The summed E-state index contributed by atoms with van der Waals surface area (Å²) in [5, 5.41) is 7.55. The smallest absolute Gasteiger partial charge is 0.0782 e. The molecule has 8 aromatic carbocycles. The molecule has 0 bridgehead atoms. The number of aromatic nitrogens is 1. The van der Waals surface area contributed by atoms with E-state index in [2.05, 4.69) is 191 Å². The summed E-state index contributed by atoms with van der Waals surface area (Å²) in [7, 11) is 0. The summed E-state index contributed by atoms with van der Waals surface area (Å²) in [5.41, 5.74) is 9.31. The van der Waals surface area contributed by atoms with E-state index >= 15 is 0 Å². The SMILES string of the molecule is c1ccc(-c2cccc(N(c3cc4c5ccccc5sc4c4ccccc34)c3cccc4c5ccccc5n(-c5ccccc5)c34)c2)cc1. The maximum atomic E-state index is 2.50. The van der Waals surface area contributed by atoms with E-state index in [0.29, 0.717) is 0 Å². The van der Waals surface area contributed by atoms with Gasteiger partial charge >= 0.3 is 0 Å². The Morgan fingerprint density at radius 1 is 0.408 bits per heavy atom. The monoisotopic (exact) mass is 642 g/mol. The largest absolute Gasteiger partial charge is 0.308 e. The van der Waals surface area contributed by atoms with Gasteiger partial charge in [0.05, 0.1) is 22.4 Å². The van der Waals surface area contributed by atoms with Crippen LogP contribution in [0.15, 0.2) is 182 Å². The van der Waals surface area contributed by atoms with Crippen LogP contribution in [-0.2, 0) is 0 Å². The maximum absolute atomic E-state index is 2.50. The Morgan fingerprint density at radius 2 is 1.04 bits per heavy atom. The van der Waals surface area contributed by atoms with Gasteiger partial charge in [-0.2, -0.15) is 0 Å². The second-order valence-corrected chi connectivity index (χ2v) is 13.6. The van der Waals surface area contributed by atoms with Gasteiger partial charge in [-0.15, -0.1) is 11.3 Å². The Kier molecular flexibility index (Phi) is 6.39. The topological polar surface area (TPSA) is 8.17 Å². The fourth-order valence-corrected chi connectivity index (χ4v) is 8.82. The first kappa shape index (κ1) is 27.9. The number of hydrogen-bond donors (Lipinski definition) is 0. The highest BCUT2D eigenvalue weighted by Gasteiger charge is 2.24. The predicted molar refractivity (Wildman–Crippen MR) is 211 cm³/mol. The molecule has 230 valence electrons. The fraction of sp³-hybridized carbons (Fsp3) is 0. The molecule has 2 heterocycles. The van der Waals surface area contributed by atoms with Crippen LogP contribution in [0.2, 0.25) is 0 Å². The quantitative estimate of drug-likeness (QED) is 0.181. The molecule has 0 spiro atoms. The lowest BCUT2D eigenvalue weighted by molar-refractivity contribution is 1.17. The van der Waals surface area contributed by atoms with Gasteiger partial charge in [0.2, 0.25) is 0 Å². The molecule has 0 aliphatic rings. The van der Waals surface area contributed by atoms with Gasteiger partial charge in [0.1, 0.15) is 0 Å². The maximum Gasteiger partial charge on any atom is 0.0782 e. The lowest BCUT2D eigenvalue weighted by Gasteiger charge is -2.29. The van der Waals surface area contributed by atoms with Gasteiger partial charge in [-0.1, -0.05) is 133 Å². The lowest BCUT2D eigenvalue weighted by atomic mass is 10.0. The number of anilines is 3. The number of benzene rings is 8. The lowest BCUT2D eigenvalue weighted by Crippen LogP contribution is -2.12. The molecule has 0 amide bonds. The first-order chi connectivity index (χ1) is 24.3. The normalized spacial score (nSPS) is 11.7. The molecular formula is C46H30N2S. The highest BCUT2D eigenvalue weighted by molar-refractivity contribution is 7.26. The number of rotatable bonds is 5. The molecule has 10 aromatic rings. The molecule has 2 nitrogen and oxygen atoms in total. The van der Waals surface area contributed by atoms with Gasteiger partial charge in [-0.25, -0.2) is 0 Å². The Labute approximate surface area is 288 Å². The standard InChI is InChI=1S/C46H30N2S/c1-3-15-31(16-4-1)32-17-13-20-34(29-32)47(43-30-40-37-23-10-12-28-44(37)49-46(40)39-24-8-7-22-36(39)43)42-27-14-25-38-35-21-9-11-26-41(35)48(45(38)42)33-18-5-2-6-19-33/h1-30H. The second kappa shape index (κ2) is 11.2. The Balaban J connectivity index is 1.36. The van der Waals surface area contributed by atoms with Crippen molar-refractivity contribution in [2.45, 2.75) is 0 Å². The summed E-state index contributed by atoms with van der Waals surface area (Å²) in [6.07, 6.45) is 0. The molecule has 0 N–H and O–H groups in total. The van der Waals surface area contributed by atoms with Crippen LogP contribution in [0.25, 0.3) is 69.6 Å². The highest BCUT2D eigenvalue weighted by atomic mass is 32.1. The first-order valence-corrected chi connectivity index (χ1v) is 17.5. The number of nitrogens with zero attached hydrogens (tertiary/aromatic N) is 2. The van der Waals surface area contributed by atoms with E-state index in [9.17, 15) is 0 Å². The van der Waals surface area contributed by atoms with E-state index in [1.807, 2.05) is 11.3 Å². The summed E-state index contributed by atoms with van der Waals surface area (Å²) in [6, 6.07) is 66.2. The predicted octanol–water partition coefficient (Wildman–Crippen LogP) is 13.4. The van der Waals surface area contributed by atoms with E-state index in [0.717, 1.165) is 22.7 Å². The third-order valence-electron chi connectivity index (χ3n) is 9.74. The third-order valence-corrected chi connectivity index (χ3v) is 11.0. The molecule has 0 atom stereocenters. The molecule has 3 heteroatoms. The van der Waals surface area contributed by atoms with Crippen molar-refractivity contribution in [3.63, 3.8) is 0 Å². The van der Waals surface area contributed by atoms with Crippen LogP contribution in [0.4, 0.5) is 17.1 Å². The fourth-order valence-electron chi connectivity index (χ4n) is 7.60. The minimum Gasteiger partial charge on any atom is -0.308 e. The van der Waals surface area contributed by atoms with E-state index in [1.54, 1.807) is 0 Å². The van der Waals surface area contributed by atoms with Gasteiger partial charge < -0.3 is 9.47 Å². The van der Waals surface area contributed by atoms with Crippen LogP contribution in [0.1, 0.15) is 0 Å². The third kappa shape index (κ3) is 4.40. The van der Waals surface area contributed by atoms with Crippen molar-refractivity contribution in [2.24, 2.45) is 0 Å². The van der Waals surface area contributed by atoms with Crippen molar-refractivity contribution >= 4 is 81.1 Å². The van der Waals surface area contributed by atoms with E-state index in [1.165, 1.54) is 63.9 Å². The molecule has 0 saturated carbocycles. The number of fused-ring (bicyclic) bond motifs is 8. The van der Waals surface area contributed by atoms with Crippen molar-refractivity contribution in [3.8, 4) is 16.8 Å². The van der Waals surface area contributed by atoms with Gasteiger partial charge in [0, 0.05) is 53.1 Å². The van der Waals surface area contributed by atoms with Crippen molar-refractivity contribution in [1.82, 2.24) is 4.57 Å². The molecule has 10 rings (SSSR count). The van der Waals surface area contributed by atoms with Crippen molar-refractivity contribution < 1.29 is 0 Å². The minimum absolute atomic E-state index is 1.11. The van der Waals surface area contributed by atoms with E-state index in [4.69, 9.17) is 0 Å². The van der Waals surface area contributed by atoms with Crippen LogP contribution < -0.4 is 4.90 Å². The average Bonchev–Trinajstić information content (AvgIpc) is 3.72. The van der Waals surface area contributed by atoms with Crippen molar-refractivity contribution in [3.05, 3.63) is 182 Å². The summed E-state index contributed by atoms with van der Waals surface area (Å²) >= 11 is 1.89. The Hall–Kier alpha value is -6.16. The molecule has 0 aliphatic carbocycles. The summed E-state index contributed by atoms with van der Waals surface area (Å²) in [6.45, 7) is 0. The first-order valence-electron chi connectivity index (χ1n) is 16.7. The van der Waals surface area contributed by atoms with E-state index in [-0.39, 0.29) is 0 Å². The second-order valence-electron chi connectivity index (χ2n) is 12.5. The summed E-state index contributed by atoms with van der Waals surface area (Å²) in [4.78, 5) is 2.50. The molecule has 0 saturated heterocycles. The van der Waals surface area contributed by atoms with Crippen molar-refractivity contribution in [2.75, 3.05) is 4.90 Å². The Bertz CT molecular complexity index is 2830. The highest BCUT2D eigenvalue weighted by Crippen LogP contribution is 2.49. The minimum atomic E-state index is 1.11. The van der Waals surface area contributed by atoms with Crippen LogP contribution >= 0.6 is 11.3 Å². The Morgan fingerprint density at radius 3 is 1.88 bits per heavy atom. The van der Waals surface area contributed by atoms with Crippen molar-refractivity contribution in [1.29, 1.82) is 0 Å². The molecule has 0 aliphatic heterocycles. The van der Waals surface area contributed by atoms with Gasteiger partial charge in [0.25, 0.3) is 0 Å². The van der Waals surface area contributed by atoms with Gasteiger partial charge in [-0.3, -0.25) is 0 Å². The van der Waals surface area contributed by atoms with Crippen LogP contribution in [0, 0.1) is 0 Å². The van der Waals surface area contributed by atoms with Gasteiger partial charge in [0.15, 0.2) is 0 Å². The molecule has 0 unspecified atom stereocenters. The van der Waals surface area contributed by atoms with Crippen LogP contribution in [-0.4, -0.2) is 4.57 Å². The van der Waals surface area contributed by atoms with E-state index < -0.39 is 0 Å². The zero-order valence-corrected chi connectivity index (χ0v) is 27.4. The molecular weight excluding hydrogens is 613 g/mol.